The third kappa shape index (κ3) is 4.68. The van der Waals surface area contributed by atoms with Crippen molar-refractivity contribution in [2.75, 3.05) is 6.61 Å². The molecule has 0 aliphatic rings. The van der Waals surface area contributed by atoms with Gasteiger partial charge in [0.25, 0.3) is 5.91 Å². The zero-order valence-corrected chi connectivity index (χ0v) is 14.2. The first-order chi connectivity index (χ1) is 11.5. The summed E-state index contributed by atoms with van der Waals surface area (Å²) in [7, 11) is 0. The summed E-state index contributed by atoms with van der Waals surface area (Å²) in [6, 6.07) is 9.32. The molecule has 0 aliphatic carbocycles. The van der Waals surface area contributed by atoms with Crippen molar-refractivity contribution in [2.24, 2.45) is 0 Å². The number of amides is 1. The lowest BCUT2D eigenvalue weighted by atomic mass is 10.2. The van der Waals surface area contributed by atoms with Gasteiger partial charge in [-0.1, -0.05) is 31.5 Å². The molecule has 1 atom stereocenters. The Balaban J connectivity index is 1.96. The van der Waals surface area contributed by atoms with Crippen LogP contribution in [0.2, 0.25) is 0 Å². The van der Waals surface area contributed by atoms with Gasteiger partial charge in [0.15, 0.2) is 12.3 Å². The van der Waals surface area contributed by atoms with Crippen molar-refractivity contribution in [3.05, 3.63) is 41.8 Å². The maximum Gasteiger partial charge on any atom is 0.361 e. The van der Waals surface area contributed by atoms with E-state index in [1.54, 1.807) is 6.92 Å². The molecule has 1 N–H and O–H groups in total. The van der Waals surface area contributed by atoms with Crippen molar-refractivity contribution in [2.45, 2.75) is 39.7 Å². The molecule has 0 saturated heterocycles. The van der Waals surface area contributed by atoms with Gasteiger partial charge in [0.2, 0.25) is 5.89 Å². The minimum absolute atomic E-state index is 0.0553. The fraction of sp³-hybridized carbons (Fsp3) is 0.389. The van der Waals surface area contributed by atoms with Crippen molar-refractivity contribution in [3.63, 3.8) is 0 Å². The quantitative estimate of drug-likeness (QED) is 0.789. The number of benzene rings is 1. The molecule has 0 radical (unpaired) electrons. The van der Waals surface area contributed by atoms with Crippen LogP contribution in [0.25, 0.3) is 11.5 Å². The highest BCUT2D eigenvalue weighted by Crippen LogP contribution is 2.21. The lowest BCUT2D eigenvalue weighted by Crippen LogP contribution is -2.35. The summed E-state index contributed by atoms with van der Waals surface area (Å²) in [5.41, 5.74) is 0.856. The van der Waals surface area contributed by atoms with Crippen LogP contribution in [0, 0.1) is 6.92 Å². The highest BCUT2D eigenvalue weighted by atomic mass is 16.5. The van der Waals surface area contributed by atoms with E-state index in [0.29, 0.717) is 11.7 Å². The lowest BCUT2D eigenvalue weighted by molar-refractivity contribution is -0.124. The normalized spacial score (nSPS) is 11.8. The first-order valence-electron chi connectivity index (χ1n) is 8.00. The Bertz CT molecular complexity index is 694. The summed E-state index contributed by atoms with van der Waals surface area (Å²) in [4.78, 5) is 28.0. The summed E-state index contributed by atoms with van der Waals surface area (Å²) in [6.45, 7) is 5.26. The summed E-state index contributed by atoms with van der Waals surface area (Å²) < 4.78 is 10.5. The van der Waals surface area contributed by atoms with E-state index in [9.17, 15) is 9.59 Å². The van der Waals surface area contributed by atoms with Crippen LogP contribution >= 0.6 is 0 Å². The predicted octanol–water partition coefficient (Wildman–Crippen LogP) is 3.11. The summed E-state index contributed by atoms with van der Waals surface area (Å²) in [6.07, 6.45) is 1.85. The Morgan fingerprint density at radius 2 is 2.00 bits per heavy atom. The van der Waals surface area contributed by atoms with E-state index >= 15 is 0 Å². The standard InChI is InChI=1S/C18H22N2O4/c1-4-8-12(2)19-15(21)11-23-18(22)16-13(3)24-17(20-16)14-9-6-5-7-10-14/h5-7,9-10,12H,4,8,11H2,1-3H3,(H,19,21)/t12-/m0/s1. The SMILES string of the molecule is CCC[C@H](C)NC(=O)COC(=O)c1nc(-c2ccccc2)oc1C. The highest BCUT2D eigenvalue weighted by Gasteiger charge is 2.20. The number of aromatic nitrogens is 1. The molecule has 0 unspecified atom stereocenters. The molecule has 1 aromatic carbocycles. The van der Waals surface area contributed by atoms with Crippen LogP contribution in [0.4, 0.5) is 0 Å². The van der Waals surface area contributed by atoms with E-state index in [0.717, 1.165) is 18.4 Å². The summed E-state index contributed by atoms with van der Waals surface area (Å²) in [5.74, 6) is -0.287. The molecule has 1 amide bonds. The lowest BCUT2D eigenvalue weighted by Gasteiger charge is -2.12. The molecule has 0 fully saturated rings. The number of rotatable bonds is 7. The highest BCUT2D eigenvalue weighted by molar-refractivity contribution is 5.90. The van der Waals surface area contributed by atoms with Crippen molar-refractivity contribution in [1.29, 1.82) is 0 Å². The van der Waals surface area contributed by atoms with Gasteiger partial charge in [0.1, 0.15) is 5.76 Å². The Kier molecular flexibility index (Phi) is 6.12. The van der Waals surface area contributed by atoms with E-state index < -0.39 is 5.97 Å². The number of hydrogen-bond acceptors (Lipinski definition) is 5. The molecule has 24 heavy (non-hydrogen) atoms. The van der Waals surface area contributed by atoms with Gasteiger partial charge in [-0.3, -0.25) is 4.79 Å². The molecule has 0 aliphatic heterocycles. The van der Waals surface area contributed by atoms with Crippen molar-refractivity contribution < 1.29 is 18.7 Å². The van der Waals surface area contributed by atoms with E-state index in [4.69, 9.17) is 9.15 Å². The van der Waals surface area contributed by atoms with Crippen LogP contribution in [0.15, 0.2) is 34.7 Å². The largest absolute Gasteiger partial charge is 0.451 e. The second kappa shape index (κ2) is 8.29. The smallest absolute Gasteiger partial charge is 0.361 e. The van der Waals surface area contributed by atoms with Crippen molar-refractivity contribution in [1.82, 2.24) is 10.3 Å². The van der Waals surface area contributed by atoms with Gasteiger partial charge in [-0.05, 0) is 32.4 Å². The number of ether oxygens (including phenoxy) is 1. The first kappa shape index (κ1) is 17.7. The molecule has 1 aromatic heterocycles. The second-order valence-electron chi connectivity index (χ2n) is 5.62. The van der Waals surface area contributed by atoms with Gasteiger partial charge < -0.3 is 14.5 Å². The molecule has 1 heterocycles. The van der Waals surface area contributed by atoms with Crippen LogP contribution in [0.5, 0.6) is 0 Å². The third-order valence-corrected chi connectivity index (χ3v) is 3.47. The van der Waals surface area contributed by atoms with Crippen LogP contribution in [-0.4, -0.2) is 29.5 Å². The fourth-order valence-corrected chi connectivity index (χ4v) is 2.31. The zero-order chi connectivity index (χ0) is 17.5. The Hall–Kier alpha value is -2.63. The topological polar surface area (TPSA) is 81.4 Å². The third-order valence-electron chi connectivity index (χ3n) is 3.47. The van der Waals surface area contributed by atoms with Gasteiger partial charge in [-0.2, -0.15) is 0 Å². The monoisotopic (exact) mass is 330 g/mol. The predicted molar refractivity (Wildman–Crippen MR) is 89.5 cm³/mol. The van der Waals surface area contributed by atoms with Crippen LogP contribution < -0.4 is 5.32 Å². The number of oxazole rings is 1. The Morgan fingerprint density at radius 1 is 1.29 bits per heavy atom. The number of aryl methyl sites for hydroxylation is 1. The molecule has 6 nitrogen and oxygen atoms in total. The molecule has 6 heteroatoms. The maximum atomic E-state index is 12.1. The summed E-state index contributed by atoms with van der Waals surface area (Å²) >= 11 is 0. The molecular formula is C18H22N2O4. The van der Waals surface area contributed by atoms with Gasteiger partial charge >= 0.3 is 5.97 Å². The van der Waals surface area contributed by atoms with E-state index in [-0.39, 0.29) is 24.2 Å². The number of hydrogen-bond donors (Lipinski definition) is 1. The average molecular weight is 330 g/mol. The van der Waals surface area contributed by atoms with E-state index in [1.807, 2.05) is 44.2 Å². The van der Waals surface area contributed by atoms with Crippen LogP contribution in [-0.2, 0) is 9.53 Å². The number of carbonyl (C=O) groups is 2. The van der Waals surface area contributed by atoms with Crippen LogP contribution in [0.1, 0.15) is 42.9 Å². The molecule has 0 saturated carbocycles. The maximum absolute atomic E-state index is 12.1. The van der Waals surface area contributed by atoms with Crippen LogP contribution in [0.3, 0.4) is 0 Å². The van der Waals surface area contributed by atoms with E-state index in [2.05, 4.69) is 10.3 Å². The molecule has 128 valence electrons. The van der Waals surface area contributed by atoms with Crippen molar-refractivity contribution in [3.8, 4) is 11.5 Å². The summed E-state index contributed by atoms with van der Waals surface area (Å²) in [5, 5.41) is 2.77. The molecule has 2 rings (SSSR count). The average Bonchev–Trinajstić information content (AvgIpc) is 2.95. The second-order valence-corrected chi connectivity index (χ2v) is 5.62. The Labute approximate surface area is 141 Å². The molecule has 0 bridgehead atoms. The van der Waals surface area contributed by atoms with Gasteiger partial charge in [-0.25, -0.2) is 9.78 Å². The van der Waals surface area contributed by atoms with Gasteiger partial charge in [0, 0.05) is 11.6 Å². The zero-order valence-electron chi connectivity index (χ0n) is 14.2. The molecular weight excluding hydrogens is 308 g/mol. The minimum Gasteiger partial charge on any atom is -0.451 e. The fourth-order valence-electron chi connectivity index (χ4n) is 2.31. The van der Waals surface area contributed by atoms with Gasteiger partial charge in [0.05, 0.1) is 0 Å². The van der Waals surface area contributed by atoms with Crippen molar-refractivity contribution >= 4 is 11.9 Å². The number of esters is 1. The molecule has 2 aromatic rings. The number of nitrogens with zero attached hydrogens (tertiary/aromatic N) is 1. The van der Waals surface area contributed by atoms with Gasteiger partial charge in [-0.15, -0.1) is 0 Å². The van der Waals surface area contributed by atoms with E-state index in [1.165, 1.54) is 0 Å². The Morgan fingerprint density at radius 3 is 2.67 bits per heavy atom. The number of nitrogens with one attached hydrogen (secondary N) is 1. The molecule has 0 spiro atoms. The minimum atomic E-state index is -0.670. The first-order valence-corrected chi connectivity index (χ1v) is 8.00. The number of carbonyl (C=O) groups excluding carboxylic acids is 2.